The zero-order valence-electron chi connectivity index (χ0n) is 9.67. The van der Waals surface area contributed by atoms with Crippen molar-refractivity contribution < 1.29 is 4.79 Å². The quantitative estimate of drug-likeness (QED) is 0.576. The van der Waals surface area contributed by atoms with Crippen LogP contribution in [0.25, 0.3) is 0 Å². The minimum atomic E-state index is 0.0404. The highest BCUT2D eigenvalue weighted by Gasteiger charge is 2.29. The first kappa shape index (κ1) is 12.4. The average molecular weight is 225 g/mol. The highest BCUT2D eigenvalue weighted by Crippen LogP contribution is 2.32. The molecule has 1 saturated carbocycles. The van der Waals surface area contributed by atoms with Gasteiger partial charge in [-0.1, -0.05) is 12.7 Å². The third-order valence-corrected chi connectivity index (χ3v) is 3.72. The van der Waals surface area contributed by atoms with Crippen molar-refractivity contribution in [2.24, 2.45) is 5.92 Å². The number of carbonyl (C=O) groups is 1. The van der Waals surface area contributed by atoms with Crippen molar-refractivity contribution in [2.75, 3.05) is 6.26 Å². The number of hydrogen-bond acceptors (Lipinski definition) is 2. The highest BCUT2D eigenvalue weighted by atomic mass is 32.2. The molecular weight excluding hydrogens is 206 g/mol. The average Bonchev–Trinajstić information content (AvgIpc) is 3.02. The summed E-state index contributed by atoms with van der Waals surface area (Å²) in [6.45, 7) is 7.63. The number of carbonyl (C=O) groups excluding carboxylic acids is 1. The van der Waals surface area contributed by atoms with Crippen molar-refractivity contribution in [2.45, 2.75) is 32.7 Å². The minimum absolute atomic E-state index is 0.0404. The zero-order chi connectivity index (χ0) is 11.4. The van der Waals surface area contributed by atoms with E-state index in [1.165, 1.54) is 12.8 Å². The summed E-state index contributed by atoms with van der Waals surface area (Å²) in [6.07, 6.45) is 6.20. The maximum atomic E-state index is 11.8. The van der Waals surface area contributed by atoms with Gasteiger partial charge in [0, 0.05) is 16.5 Å². The van der Waals surface area contributed by atoms with E-state index >= 15 is 0 Å². The maximum Gasteiger partial charge on any atom is 0.248 e. The molecule has 0 aromatic heterocycles. The van der Waals surface area contributed by atoms with Gasteiger partial charge < -0.3 is 5.32 Å². The third kappa shape index (κ3) is 3.42. The lowest BCUT2D eigenvalue weighted by Crippen LogP contribution is -2.34. The minimum Gasteiger partial charge on any atom is -0.350 e. The van der Waals surface area contributed by atoms with Crippen LogP contribution in [0.5, 0.6) is 0 Å². The van der Waals surface area contributed by atoms with E-state index in [9.17, 15) is 4.79 Å². The number of nitrogens with one attached hydrogen (secondary N) is 1. The number of allylic oxidation sites excluding steroid dienone is 1. The Bertz CT molecular complexity index is 292. The van der Waals surface area contributed by atoms with Gasteiger partial charge in [0.05, 0.1) is 0 Å². The molecule has 1 aliphatic rings. The molecule has 0 spiro atoms. The van der Waals surface area contributed by atoms with Crippen molar-refractivity contribution in [1.82, 2.24) is 5.32 Å². The molecule has 15 heavy (non-hydrogen) atoms. The fourth-order valence-corrected chi connectivity index (χ4v) is 2.10. The molecule has 0 unspecified atom stereocenters. The van der Waals surface area contributed by atoms with E-state index in [-0.39, 0.29) is 5.91 Å². The van der Waals surface area contributed by atoms with Crippen molar-refractivity contribution >= 4 is 17.7 Å². The van der Waals surface area contributed by atoms with E-state index < -0.39 is 0 Å². The second-order valence-corrected chi connectivity index (χ2v) is 4.85. The molecule has 1 atom stereocenters. The summed E-state index contributed by atoms with van der Waals surface area (Å²) >= 11 is 1.56. The topological polar surface area (TPSA) is 29.1 Å². The van der Waals surface area contributed by atoms with Gasteiger partial charge in [0.2, 0.25) is 5.91 Å². The van der Waals surface area contributed by atoms with Crippen LogP contribution in [-0.2, 0) is 4.79 Å². The molecule has 0 aromatic carbocycles. The lowest BCUT2D eigenvalue weighted by Gasteiger charge is -2.14. The molecule has 3 heteroatoms. The Balaban J connectivity index is 2.58. The normalized spacial score (nSPS) is 19.1. The van der Waals surface area contributed by atoms with Gasteiger partial charge in [0.15, 0.2) is 0 Å². The second-order valence-electron chi connectivity index (χ2n) is 4.00. The molecule has 1 N–H and O–H groups in total. The van der Waals surface area contributed by atoms with Crippen molar-refractivity contribution in [3.63, 3.8) is 0 Å². The number of thioether (sulfide) groups is 1. The monoisotopic (exact) mass is 225 g/mol. The van der Waals surface area contributed by atoms with E-state index in [4.69, 9.17) is 0 Å². The first-order valence-electron chi connectivity index (χ1n) is 5.28. The molecule has 1 aliphatic carbocycles. The first-order valence-corrected chi connectivity index (χ1v) is 6.50. The first-order chi connectivity index (χ1) is 7.10. The van der Waals surface area contributed by atoms with Gasteiger partial charge in [0.25, 0.3) is 0 Å². The SMILES string of the molecule is C=C/C(SC)=C(\C)C(=O)N[C@@H](C)C1CC1. The predicted molar refractivity (Wildman–Crippen MR) is 66.7 cm³/mol. The fourth-order valence-electron chi connectivity index (χ4n) is 1.53. The van der Waals surface area contributed by atoms with Gasteiger partial charge in [-0.05, 0) is 38.9 Å². The largest absolute Gasteiger partial charge is 0.350 e. The molecule has 1 rings (SSSR count). The van der Waals surface area contributed by atoms with Crippen LogP contribution < -0.4 is 5.32 Å². The summed E-state index contributed by atoms with van der Waals surface area (Å²) in [5.41, 5.74) is 0.769. The maximum absolute atomic E-state index is 11.8. The molecule has 0 heterocycles. The Morgan fingerprint density at radius 2 is 2.20 bits per heavy atom. The summed E-state index contributed by atoms with van der Waals surface area (Å²) < 4.78 is 0. The van der Waals surface area contributed by atoms with E-state index in [2.05, 4.69) is 18.8 Å². The lowest BCUT2D eigenvalue weighted by molar-refractivity contribution is -0.118. The van der Waals surface area contributed by atoms with E-state index in [1.54, 1.807) is 17.8 Å². The molecule has 0 aromatic rings. The van der Waals surface area contributed by atoms with Crippen LogP contribution in [0.2, 0.25) is 0 Å². The second kappa shape index (κ2) is 5.40. The van der Waals surface area contributed by atoms with Gasteiger partial charge in [-0.15, -0.1) is 11.8 Å². The number of hydrogen-bond donors (Lipinski definition) is 1. The number of amides is 1. The Morgan fingerprint density at radius 3 is 2.60 bits per heavy atom. The standard InChI is InChI=1S/C12H19NOS/c1-5-11(15-4)8(2)12(14)13-9(3)10-6-7-10/h5,9-10H,1,6-7H2,2-4H3,(H,13,14)/b11-8-/t9-/m0/s1. The Hall–Kier alpha value is -0.700. The fraction of sp³-hybridized carbons (Fsp3) is 0.583. The lowest BCUT2D eigenvalue weighted by atomic mass is 10.2. The Labute approximate surface area is 96.2 Å². The van der Waals surface area contributed by atoms with Crippen LogP contribution >= 0.6 is 11.8 Å². The molecule has 0 saturated heterocycles. The Morgan fingerprint density at radius 1 is 1.60 bits per heavy atom. The third-order valence-electron chi connectivity index (χ3n) is 2.80. The van der Waals surface area contributed by atoms with E-state index in [0.29, 0.717) is 12.0 Å². The van der Waals surface area contributed by atoms with Crippen LogP contribution in [-0.4, -0.2) is 18.2 Å². The molecule has 1 fully saturated rings. The summed E-state index contributed by atoms with van der Waals surface area (Å²) in [5, 5.41) is 3.03. The molecule has 0 radical (unpaired) electrons. The Kier molecular flexibility index (Phi) is 4.45. The number of rotatable bonds is 5. The van der Waals surface area contributed by atoms with Crippen LogP contribution in [0, 0.1) is 5.92 Å². The summed E-state index contributed by atoms with van der Waals surface area (Å²) in [7, 11) is 0. The van der Waals surface area contributed by atoms with Gasteiger partial charge in [0.1, 0.15) is 0 Å². The summed E-state index contributed by atoms with van der Waals surface area (Å²) in [6, 6.07) is 0.306. The molecular formula is C12H19NOS. The van der Waals surface area contributed by atoms with Crippen molar-refractivity contribution in [3.05, 3.63) is 23.1 Å². The van der Waals surface area contributed by atoms with Crippen LogP contribution in [0.3, 0.4) is 0 Å². The molecule has 2 nitrogen and oxygen atoms in total. The predicted octanol–water partition coefficient (Wildman–Crippen LogP) is 2.72. The molecule has 0 bridgehead atoms. The van der Waals surface area contributed by atoms with Gasteiger partial charge in [-0.3, -0.25) is 4.79 Å². The summed E-state index contributed by atoms with van der Waals surface area (Å²) in [5.74, 6) is 0.738. The smallest absolute Gasteiger partial charge is 0.248 e. The van der Waals surface area contributed by atoms with Gasteiger partial charge in [-0.2, -0.15) is 0 Å². The van der Waals surface area contributed by atoms with Crippen LogP contribution in [0.4, 0.5) is 0 Å². The van der Waals surface area contributed by atoms with Crippen molar-refractivity contribution in [3.8, 4) is 0 Å². The van der Waals surface area contributed by atoms with Crippen molar-refractivity contribution in [1.29, 1.82) is 0 Å². The van der Waals surface area contributed by atoms with E-state index in [1.807, 2.05) is 13.2 Å². The zero-order valence-corrected chi connectivity index (χ0v) is 10.5. The molecule has 1 amide bonds. The van der Waals surface area contributed by atoms with Crippen LogP contribution in [0.15, 0.2) is 23.1 Å². The highest BCUT2D eigenvalue weighted by molar-refractivity contribution is 8.02. The molecule has 84 valence electrons. The van der Waals surface area contributed by atoms with Gasteiger partial charge in [-0.25, -0.2) is 0 Å². The van der Waals surface area contributed by atoms with E-state index in [0.717, 1.165) is 10.5 Å². The summed E-state index contributed by atoms with van der Waals surface area (Å²) in [4.78, 5) is 12.8. The van der Waals surface area contributed by atoms with Crippen LogP contribution in [0.1, 0.15) is 26.7 Å². The molecule has 0 aliphatic heterocycles. The van der Waals surface area contributed by atoms with Gasteiger partial charge >= 0.3 is 0 Å².